The van der Waals surface area contributed by atoms with E-state index in [-0.39, 0.29) is 11.9 Å². The first-order valence-corrected chi connectivity index (χ1v) is 8.38. The molecule has 0 unspecified atom stereocenters. The van der Waals surface area contributed by atoms with E-state index >= 15 is 0 Å². The zero-order valence-corrected chi connectivity index (χ0v) is 14.2. The number of hydrogen-bond acceptors (Lipinski definition) is 2. The Hall–Kier alpha value is -1.49. The maximum absolute atomic E-state index is 13.4. The van der Waals surface area contributed by atoms with Crippen LogP contribution in [0.1, 0.15) is 51.1 Å². The van der Waals surface area contributed by atoms with E-state index in [0.717, 1.165) is 25.5 Å². The minimum absolute atomic E-state index is 0.0102. The Labute approximate surface area is 137 Å². The summed E-state index contributed by atoms with van der Waals surface area (Å²) >= 11 is 0. The first-order chi connectivity index (χ1) is 10.9. The van der Waals surface area contributed by atoms with Gasteiger partial charge in [-0.3, -0.25) is 9.69 Å². The van der Waals surface area contributed by atoms with Crippen molar-refractivity contribution in [3.8, 4) is 0 Å². The van der Waals surface area contributed by atoms with E-state index in [0.29, 0.717) is 18.2 Å². The number of carbonyl (C=O) groups excluding carboxylic acids is 1. The number of benzene rings is 1. The minimum Gasteiger partial charge on any atom is -0.338 e. The molecular formula is C18H26F2N2O. The highest BCUT2D eigenvalue weighted by Crippen LogP contribution is 2.24. The number of carbonyl (C=O) groups is 1. The standard InChI is InChI=1S/C18H26F2N2O/c1-4-22(15-7-5-6-8-15)12-18(23)21(3)13(2)14-9-10-16(19)17(20)11-14/h9-11,13,15H,4-8,12H2,1-3H3/t13-/m1/s1. The van der Waals surface area contributed by atoms with Gasteiger partial charge in [0.2, 0.25) is 5.91 Å². The van der Waals surface area contributed by atoms with Crippen LogP contribution in [-0.4, -0.2) is 41.9 Å². The van der Waals surface area contributed by atoms with Crippen molar-refractivity contribution in [2.45, 2.75) is 51.6 Å². The molecule has 1 amide bonds. The third-order valence-corrected chi connectivity index (χ3v) is 4.99. The van der Waals surface area contributed by atoms with Crippen LogP contribution in [0, 0.1) is 11.6 Å². The van der Waals surface area contributed by atoms with Crippen LogP contribution in [0.15, 0.2) is 18.2 Å². The van der Waals surface area contributed by atoms with Crippen LogP contribution in [0.4, 0.5) is 8.78 Å². The molecule has 0 bridgehead atoms. The van der Waals surface area contributed by atoms with Gasteiger partial charge in [-0.15, -0.1) is 0 Å². The van der Waals surface area contributed by atoms with Crippen molar-refractivity contribution in [2.24, 2.45) is 0 Å². The lowest BCUT2D eigenvalue weighted by Gasteiger charge is -2.31. The molecule has 1 aromatic carbocycles. The fraction of sp³-hybridized carbons (Fsp3) is 0.611. The second kappa shape index (κ2) is 7.86. The first-order valence-electron chi connectivity index (χ1n) is 8.38. The average molecular weight is 324 g/mol. The summed E-state index contributed by atoms with van der Waals surface area (Å²) in [6, 6.07) is 4.01. The predicted octanol–water partition coefficient (Wildman–Crippen LogP) is 3.75. The summed E-state index contributed by atoms with van der Waals surface area (Å²) in [5.74, 6) is -1.74. The second-order valence-corrected chi connectivity index (χ2v) is 6.36. The Morgan fingerprint density at radius 1 is 1.26 bits per heavy atom. The molecule has 1 fully saturated rings. The highest BCUT2D eigenvalue weighted by Gasteiger charge is 2.26. The van der Waals surface area contributed by atoms with E-state index in [1.807, 2.05) is 6.92 Å². The number of hydrogen-bond donors (Lipinski definition) is 0. The molecule has 3 nitrogen and oxygen atoms in total. The van der Waals surface area contributed by atoms with E-state index in [9.17, 15) is 13.6 Å². The molecule has 1 aliphatic carbocycles. The zero-order valence-electron chi connectivity index (χ0n) is 14.2. The monoisotopic (exact) mass is 324 g/mol. The fourth-order valence-corrected chi connectivity index (χ4v) is 3.27. The molecule has 128 valence electrons. The Morgan fingerprint density at radius 2 is 1.91 bits per heavy atom. The Bertz CT molecular complexity index is 544. The molecule has 1 aliphatic rings. The largest absolute Gasteiger partial charge is 0.338 e. The number of halogens is 2. The maximum atomic E-state index is 13.4. The summed E-state index contributed by atoms with van der Waals surface area (Å²) in [6.45, 7) is 5.14. The van der Waals surface area contributed by atoms with Gasteiger partial charge in [0.1, 0.15) is 0 Å². The van der Waals surface area contributed by atoms with Crippen molar-refractivity contribution in [2.75, 3.05) is 20.1 Å². The molecule has 23 heavy (non-hydrogen) atoms. The number of likely N-dealkylation sites (N-methyl/N-ethyl adjacent to an activating group) is 2. The van der Waals surface area contributed by atoms with E-state index < -0.39 is 11.6 Å². The van der Waals surface area contributed by atoms with Crippen LogP contribution in [0.2, 0.25) is 0 Å². The molecule has 0 heterocycles. The molecule has 5 heteroatoms. The van der Waals surface area contributed by atoms with Gasteiger partial charge in [0, 0.05) is 13.1 Å². The van der Waals surface area contributed by atoms with Gasteiger partial charge in [-0.25, -0.2) is 8.78 Å². The second-order valence-electron chi connectivity index (χ2n) is 6.36. The lowest BCUT2D eigenvalue weighted by atomic mass is 10.1. The number of rotatable bonds is 6. The van der Waals surface area contributed by atoms with Gasteiger partial charge in [0.15, 0.2) is 11.6 Å². The van der Waals surface area contributed by atoms with Gasteiger partial charge in [-0.1, -0.05) is 25.8 Å². The summed E-state index contributed by atoms with van der Waals surface area (Å²) < 4.78 is 26.4. The van der Waals surface area contributed by atoms with Crippen molar-refractivity contribution in [3.63, 3.8) is 0 Å². The lowest BCUT2D eigenvalue weighted by molar-refractivity contribution is -0.133. The Balaban J connectivity index is 2.01. The van der Waals surface area contributed by atoms with Crippen molar-refractivity contribution >= 4 is 5.91 Å². The van der Waals surface area contributed by atoms with Gasteiger partial charge < -0.3 is 4.90 Å². The van der Waals surface area contributed by atoms with E-state index in [1.165, 1.54) is 25.0 Å². The average Bonchev–Trinajstić information content (AvgIpc) is 3.07. The molecule has 1 atom stereocenters. The summed E-state index contributed by atoms with van der Waals surface area (Å²) in [7, 11) is 1.72. The predicted molar refractivity (Wildman–Crippen MR) is 87.0 cm³/mol. The summed E-state index contributed by atoms with van der Waals surface area (Å²) in [6.07, 6.45) is 4.78. The SMILES string of the molecule is CCN(CC(=O)N(C)[C@H](C)c1ccc(F)c(F)c1)C1CCCC1. The molecule has 0 saturated heterocycles. The molecule has 0 radical (unpaired) electrons. The molecule has 1 aromatic rings. The van der Waals surface area contributed by atoms with Crippen molar-refractivity contribution < 1.29 is 13.6 Å². The topological polar surface area (TPSA) is 23.6 Å². The summed E-state index contributed by atoms with van der Waals surface area (Å²) in [5, 5.41) is 0. The van der Waals surface area contributed by atoms with Crippen molar-refractivity contribution in [3.05, 3.63) is 35.4 Å². The quantitative estimate of drug-likeness (QED) is 0.796. The van der Waals surface area contributed by atoms with E-state index in [2.05, 4.69) is 11.8 Å². The third-order valence-electron chi connectivity index (χ3n) is 4.99. The van der Waals surface area contributed by atoms with E-state index in [1.54, 1.807) is 11.9 Å². The van der Waals surface area contributed by atoms with Crippen molar-refractivity contribution in [1.29, 1.82) is 0 Å². The molecule has 1 saturated carbocycles. The minimum atomic E-state index is -0.878. The van der Waals surface area contributed by atoms with E-state index in [4.69, 9.17) is 0 Å². The smallest absolute Gasteiger partial charge is 0.237 e. The highest BCUT2D eigenvalue weighted by atomic mass is 19.2. The fourth-order valence-electron chi connectivity index (χ4n) is 3.27. The van der Waals surface area contributed by atoms with Crippen molar-refractivity contribution in [1.82, 2.24) is 9.80 Å². The van der Waals surface area contributed by atoms with Gasteiger partial charge in [-0.2, -0.15) is 0 Å². The number of amides is 1. The van der Waals surface area contributed by atoms with Crippen LogP contribution in [0.5, 0.6) is 0 Å². The molecule has 0 aliphatic heterocycles. The maximum Gasteiger partial charge on any atom is 0.237 e. The molecule has 2 rings (SSSR count). The van der Waals surface area contributed by atoms with Gasteiger partial charge in [0.25, 0.3) is 0 Å². The zero-order chi connectivity index (χ0) is 17.0. The normalized spacial score (nSPS) is 16.8. The van der Waals surface area contributed by atoms with Crippen LogP contribution in [0.3, 0.4) is 0 Å². The van der Waals surface area contributed by atoms with Crippen LogP contribution >= 0.6 is 0 Å². The summed E-state index contributed by atoms with van der Waals surface area (Å²) in [4.78, 5) is 16.4. The van der Waals surface area contributed by atoms with Gasteiger partial charge >= 0.3 is 0 Å². The Kier molecular flexibility index (Phi) is 6.10. The molecule has 0 aromatic heterocycles. The number of nitrogens with zero attached hydrogens (tertiary/aromatic N) is 2. The van der Waals surface area contributed by atoms with Crippen LogP contribution in [-0.2, 0) is 4.79 Å². The van der Waals surface area contributed by atoms with Crippen LogP contribution < -0.4 is 0 Å². The van der Waals surface area contributed by atoms with Gasteiger partial charge in [-0.05, 0) is 44.0 Å². The lowest BCUT2D eigenvalue weighted by Crippen LogP contribution is -2.43. The first kappa shape index (κ1) is 17.9. The van der Waals surface area contributed by atoms with Gasteiger partial charge in [0.05, 0.1) is 12.6 Å². The Morgan fingerprint density at radius 3 is 2.48 bits per heavy atom. The summed E-state index contributed by atoms with van der Waals surface area (Å²) in [5.41, 5.74) is 0.601. The molecule has 0 spiro atoms. The highest BCUT2D eigenvalue weighted by molar-refractivity contribution is 5.78. The molecular weight excluding hydrogens is 298 g/mol. The molecule has 0 N–H and O–H groups in total. The van der Waals surface area contributed by atoms with Crippen LogP contribution in [0.25, 0.3) is 0 Å². The third kappa shape index (κ3) is 4.28.